The van der Waals surface area contributed by atoms with Gasteiger partial charge < -0.3 is 9.64 Å². The lowest BCUT2D eigenvalue weighted by Crippen LogP contribution is -2.19. The van der Waals surface area contributed by atoms with E-state index >= 15 is 0 Å². The number of rotatable bonds is 1. The van der Waals surface area contributed by atoms with Gasteiger partial charge in [-0.15, -0.1) is 0 Å². The lowest BCUT2D eigenvalue weighted by atomic mass is 10.1. The average Bonchev–Trinajstić information content (AvgIpc) is 2.38. The summed E-state index contributed by atoms with van der Waals surface area (Å²) >= 11 is 0. The first kappa shape index (κ1) is 10.0. The number of ketones is 1. The molecule has 0 aliphatic carbocycles. The number of nitrogens with zero attached hydrogens (tertiary/aromatic N) is 1. The van der Waals surface area contributed by atoms with Crippen LogP contribution < -0.4 is 9.64 Å². The van der Waals surface area contributed by atoms with Gasteiger partial charge in [-0.05, 0) is 11.6 Å². The molecule has 3 heteroatoms. The van der Waals surface area contributed by atoms with Gasteiger partial charge in [-0.25, -0.2) is 0 Å². The van der Waals surface area contributed by atoms with Gasteiger partial charge in [0.25, 0.3) is 0 Å². The van der Waals surface area contributed by atoms with Crippen molar-refractivity contribution in [2.45, 2.75) is 12.8 Å². The molecule has 80 valence electrons. The number of Topliss-reactive ketones (excluding diaryl/α,β-unsaturated/α-hetero) is 1. The Morgan fingerprint density at radius 2 is 2.20 bits per heavy atom. The minimum Gasteiger partial charge on any atom is -0.495 e. The fourth-order valence-corrected chi connectivity index (χ4v) is 2.01. The van der Waals surface area contributed by atoms with Crippen LogP contribution in [-0.4, -0.2) is 26.5 Å². The zero-order chi connectivity index (χ0) is 10.8. The maximum absolute atomic E-state index is 11.5. The van der Waals surface area contributed by atoms with Crippen molar-refractivity contribution in [3.05, 3.63) is 23.8 Å². The third-order valence-corrected chi connectivity index (χ3v) is 2.80. The summed E-state index contributed by atoms with van der Waals surface area (Å²) in [6.45, 7) is 0.770. The van der Waals surface area contributed by atoms with E-state index < -0.39 is 0 Å². The molecule has 0 bridgehead atoms. The molecule has 0 N–H and O–H groups in total. The number of carbonyl (C=O) groups excluding carboxylic acids is 1. The summed E-state index contributed by atoms with van der Waals surface area (Å²) < 4.78 is 5.32. The Labute approximate surface area is 89.7 Å². The van der Waals surface area contributed by atoms with Gasteiger partial charge in [-0.2, -0.15) is 0 Å². The number of anilines is 1. The number of methoxy groups -OCH3 is 1. The van der Waals surface area contributed by atoms with Crippen molar-refractivity contribution in [2.75, 3.05) is 25.6 Å². The van der Waals surface area contributed by atoms with Crippen molar-refractivity contribution in [2.24, 2.45) is 0 Å². The summed E-state index contributed by atoms with van der Waals surface area (Å²) in [5.74, 6) is 1.15. The van der Waals surface area contributed by atoms with Crippen LogP contribution in [0.5, 0.6) is 5.75 Å². The predicted molar refractivity (Wildman–Crippen MR) is 59.6 cm³/mol. The molecule has 1 aliphatic heterocycles. The average molecular weight is 205 g/mol. The molecule has 1 aromatic carbocycles. The minimum atomic E-state index is 0.300. The van der Waals surface area contributed by atoms with Crippen LogP contribution in [0.25, 0.3) is 0 Å². The van der Waals surface area contributed by atoms with Crippen molar-refractivity contribution in [3.63, 3.8) is 0 Å². The Morgan fingerprint density at radius 1 is 1.40 bits per heavy atom. The van der Waals surface area contributed by atoms with Gasteiger partial charge >= 0.3 is 0 Å². The second kappa shape index (κ2) is 3.93. The Kier molecular flexibility index (Phi) is 2.62. The molecule has 1 aliphatic rings. The van der Waals surface area contributed by atoms with Gasteiger partial charge in [0.2, 0.25) is 0 Å². The van der Waals surface area contributed by atoms with E-state index in [9.17, 15) is 4.79 Å². The largest absolute Gasteiger partial charge is 0.495 e. The predicted octanol–water partition coefficient (Wildman–Crippen LogP) is 1.65. The van der Waals surface area contributed by atoms with Gasteiger partial charge in [0.1, 0.15) is 11.5 Å². The summed E-state index contributed by atoms with van der Waals surface area (Å²) in [4.78, 5) is 13.6. The monoisotopic (exact) mass is 205 g/mol. The number of benzene rings is 1. The number of fused-ring (bicyclic) bond motifs is 1. The van der Waals surface area contributed by atoms with Crippen molar-refractivity contribution < 1.29 is 9.53 Å². The Morgan fingerprint density at radius 3 is 2.93 bits per heavy atom. The molecule has 0 saturated carbocycles. The van der Waals surface area contributed by atoms with E-state index in [-0.39, 0.29) is 0 Å². The number of hydrogen-bond donors (Lipinski definition) is 0. The lowest BCUT2D eigenvalue weighted by molar-refractivity contribution is -0.118. The van der Waals surface area contributed by atoms with Crippen LogP contribution in [0.15, 0.2) is 18.2 Å². The number of hydrogen-bond acceptors (Lipinski definition) is 3. The van der Waals surface area contributed by atoms with E-state index in [2.05, 4.69) is 4.90 Å². The van der Waals surface area contributed by atoms with Crippen LogP contribution in [0.3, 0.4) is 0 Å². The van der Waals surface area contributed by atoms with Crippen molar-refractivity contribution in [1.82, 2.24) is 0 Å². The summed E-state index contributed by atoms with van der Waals surface area (Å²) in [5, 5.41) is 0. The third-order valence-electron chi connectivity index (χ3n) is 2.80. The highest BCUT2D eigenvalue weighted by molar-refractivity contribution is 5.85. The van der Waals surface area contributed by atoms with Crippen LogP contribution in [0, 0.1) is 0 Å². The summed E-state index contributed by atoms with van der Waals surface area (Å²) in [5.41, 5.74) is 2.13. The highest BCUT2D eigenvalue weighted by atomic mass is 16.5. The minimum absolute atomic E-state index is 0.300. The standard InChI is InChI=1S/C12H15NO2/c1-13-7-6-10(14)8-9-4-3-5-11(15-2)12(9)13/h3-5H,6-8H2,1-2H3. The highest BCUT2D eigenvalue weighted by Crippen LogP contribution is 2.33. The molecule has 3 nitrogen and oxygen atoms in total. The summed E-state index contributed by atoms with van der Waals surface area (Å²) in [7, 11) is 3.66. The van der Waals surface area contributed by atoms with Gasteiger partial charge in [0.05, 0.1) is 12.8 Å². The van der Waals surface area contributed by atoms with Crippen LogP contribution in [0.1, 0.15) is 12.0 Å². The molecule has 0 aromatic heterocycles. The molecule has 0 fully saturated rings. The fraction of sp³-hybridized carbons (Fsp3) is 0.417. The summed E-state index contributed by atoms with van der Waals surface area (Å²) in [6.07, 6.45) is 1.14. The van der Waals surface area contributed by atoms with Gasteiger partial charge in [0.15, 0.2) is 0 Å². The molecule has 1 aromatic rings. The van der Waals surface area contributed by atoms with Crippen molar-refractivity contribution >= 4 is 11.5 Å². The molecular formula is C12H15NO2. The van der Waals surface area contributed by atoms with Crippen molar-refractivity contribution in [1.29, 1.82) is 0 Å². The Balaban J connectivity index is 2.51. The highest BCUT2D eigenvalue weighted by Gasteiger charge is 2.19. The SMILES string of the molecule is COc1cccc2c1N(C)CCC(=O)C2. The Hall–Kier alpha value is -1.51. The first-order valence-electron chi connectivity index (χ1n) is 5.11. The normalized spacial score (nSPS) is 15.9. The molecule has 0 saturated heterocycles. The maximum Gasteiger partial charge on any atom is 0.142 e. The van der Waals surface area contributed by atoms with Crippen LogP contribution in [0.4, 0.5) is 5.69 Å². The lowest BCUT2D eigenvalue weighted by Gasteiger charge is -2.21. The van der Waals surface area contributed by atoms with E-state index in [4.69, 9.17) is 4.74 Å². The van der Waals surface area contributed by atoms with Gasteiger partial charge in [-0.1, -0.05) is 12.1 Å². The second-order valence-electron chi connectivity index (χ2n) is 3.86. The summed E-state index contributed by atoms with van der Waals surface area (Å²) in [6, 6.07) is 5.87. The van der Waals surface area contributed by atoms with Crippen LogP contribution in [-0.2, 0) is 11.2 Å². The molecular weight excluding hydrogens is 190 g/mol. The van der Waals surface area contributed by atoms with Crippen molar-refractivity contribution in [3.8, 4) is 5.75 Å². The molecule has 0 unspecified atom stereocenters. The smallest absolute Gasteiger partial charge is 0.142 e. The molecule has 1 heterocycles. The van der Waals surface area contributed by atoms with Crippen LogP contribution in [0.2, 0.25) is 0 Å². The molecule has 0 spiro atoms. The zero-order valence-electron chi connectivity index (χ0n) is 9.12. The molecule has 0 atom stereocenters. The van der Waals surface area contributed by atoms with Gasteiger partial charge in [-0.3, -0.25) is 4.79 Å². The van der Waals surface area contributed by atoms with Gasteiger partial charge in [0, 0.05) is 26.4 Å². The molecule has 15 heavy (non-hydrogen) atoms. The van der Waals surface area contributed by atoms with E-state index in [1.54, 1.807) is 7.11 Å². The first-order chi connectivity index (χ1) is 7.22. The zero-order valence-corrected chi connectivity index (χ0v) is 9.12. The molecule has 0 radical (unpaired) electrons. The number of carbonyl (C=O) groups is 1. The molecule has 0 amide bonds. The second-order valence-corrected chi connectivity index (χ2v) is 3.86. The van der Waals surface area contributed by atoms with E-state index in [1.807, 2.05) is 25.2 Å². The third kappa shape index (κ3) is 1.82. The Bertz CT molecular complexity index is 387. The van der Waals surface area contributed by atoms with E-state index in [1.165, 1.54) is 0 Å². The maximum atomic E-state index is 11.5. The topological polar surface area (TPSA) is 29.5 Å². The first-order valence-corrected chi connectivity index (χ1v) is 5.11. The quantitative estimate of drug-likeness (QED) is 0.698. The number of ether oxygens (including phenoxy) is 1. The van der Waals surface area contributed by atoms with Crippen LogP contribution >= 0.6 is 0 Å². The fourth-order valence-electron chi connectivity index (χ4n) is 2.01. The van der Waals surface area contributed by atoms with E-state index in [0.717, 1.165) is 23.5 Å². The number of para-hydroxylation sites is 1. The molecule has 2 rings (SSSR count). The van der Waals surface area contributed by atoms with E-state index in [0.29, 0.717) is 18.6 Å².